The summed E-state index contributed by atoms with van der Waals surface area (Å²) < 4.78 is 34.2. The number of hydrogen-bond donors (Lipinski definition) is 2. The van der Waals surface area contributed by atoms with E-state index in [-0.39, 0.29) is 25.5 Å². The molecule has 2 amide bonds. The van der Waals surface area contributed by atoms with Gasteiger partial charge in [0.05, 0.1) is 12.3 Å². The summed E-state index contributed by atoms with van der Waals surface area (Å²) in [6, 6.07) is 15.2. The minimum atomic E-state index is -3.25. The molecule has 7 nitrogen and oxygen atoms in total. The number of nitrogens with zero attached hydrogens (tertiary/aromatic N) is 1. The van der Waals surface area contributed by atoms with Crippen molar-refractivity contribution in [3.63, 3.8) is 0 Å². The average Bonchev–Trinajstić information content (AvgIpc) is 3.12. The molecule has 2 fully saturated rings. The first-order chi connectivity index (χ1) is 16.8. The van der Waals surface area contributed by atoms with Crippen molar-refractivity contribution in [3.05, 3.63) is 59.7 Å². The van der Waals surface area contributed by atoms with Gasteiger partial charge in [-0.25, -0.2) is 13.6 Å². The van der Waals surface area contributed by atoms with Crippen LogP contribution in [0.5, 0.6) is 0 Å². The Bertz CT molecular complexity index is 1120. The number of benzene rings is 2. The van der Waals surface area contributed by atoms with Crippen molar-refractivity contribution >= 4 is 18.0 Å². The Hall–Kier alpha value is -3.49. The molecule has 1 saturated carbocycles. The maximum atomic E-state index is 14.4. The van der Waals surface area contributed by atoms with Crippen LogP contribution in [0.3, 0.4) is 0 Å². The summed E-state index contributed by atoms with van der Waals surface area (Å²) >= 11 is 0. The van der Waals surface area contributed by atoms with Crippen LogP contribution < -0.4 is 5.32 Å². The van der Waals surface area contributed by atoms with Crippen molar-refractivity contribution in [3.8, 4) is 11.1 Å². The van der Waals surface area contributed by atoms with Crippen LogP contribution >= 0.6 is 0 Å². The fourth-order valence-electron chi connectivity index (χ4n) is 5.54. The number of carboxylic acids is 1. The average molecular weight is 484 g/mol. The van der Waals surface area contributed by atoms with Gasteiger partial charge in [-0.1, -0.05) is 48.5 Å². The first-order valence-corrected chi connectivity index (χ1v) is 11.8. The molecule has 35 heavy (non-hydrogen) atoms. The highest BCUT2D eigenvalue weighted by molar-refractivity contribution is 5.85. The van der Waals surface area contributed by atoms with Gasteiger partial charge in [-0.3, -0.25) is 9.59 Å². The Balaban J connectivity index is 1.16. The van der Waals surface area contributed by atoms with Gasteiger partial charge in [0.2, 0.25) is 5.91 Å². The van der Waals surface area contributed by atoms with Gasteiger partial charge in [-0.2, -0.15) is 0 Å². The Labute approximate surface area is 201 Å². The van der Waals surface area contributed by atoms with Gasteiger partial charge in [0, 0.05) is 25.0 Å². The van der Waals surface area contributed by atoms with Crippen LogP contribution in [0.2, 0.25) is 0 Å². The van der Waals surface area contributed by atoms with E-state index in [0.29, 0.717) is 12.8 Å². The molecule has 3 aliphatic rings. The molecule has 2 aromatic carbocycles. The molecule has 5 rings (SSSR count). The lowest BCUT2D eigenvalue weighted by molar-refractivity contribution is -0.141. The number of halogens is 2. The predicted molar refractivity (Wildman–Crippen MR) is 122 cm³/mol. The van der Waals surface area contributed by atoms with Crippen LogP contribution in [0, 0.1) is 11.8 Å². The number of nitrogens with one attached hydrogen (secondary N) is 1. The number of hydrogen-bond acceptors (Lipinski definition) is 4. The van der Waals surface area contributed by atoms with E-state index in [2.05, 4.69) is 5.32 Å². The number of carbonyl (C=O) groups is 3. The minimum absolute atomic E-state index is 0.0634. The van der Waals surface area contributed by atoms with E-state index in [0.717, 1.165) is 22.3 Å². The Morgan fingerprint density at radius 3 is 2.31 bits per heavy atom. The van der Waals surface area contributed by atoms with Gasteiger partial charge < -0.3 is 20.1 Å². The van der Waals surface area contributed by atoms with Crippen LogP contribution in [-0.4, -0.2) is 59.6 Å². The normalized spacial score (nSPS) is 23.9. The summed E-state index contributed by atoms with van der Waals surface area (Å²) in [4.78, 5) is 37.3. The van der Waals surface area contributed by atoms with Crippen molar-refractivity contribution in [2.45, 2.75) is 37.1 Å². The highest BCUT2D eigenvalue weighted by atomic mass is 19.3. The van der Waals surface area contributed by atoms with Crippen LogP contribution in [0.25, 0.3) is 11.1 Å². The van der Waals surface area contributed by atoms with Crippen LogP contribution in [0.1, 0.15) is 36.3 Å². The second-order valence-electron chi connectivity index (χ2n) is 9.39. The van der Waals surface area contributed by atoms with E-state index in [4.69, 9.17) is 9.84 Å². The third-order valence-corrected chi connectivity index (χ3v) is 7.35. The highest BCUT2D eigenvalue weighted by Gasteiger charge is 2.72. The summed E-state index contributed by atoms with van der Waals surface area (Å²) in [5, 5.41) is 11.4. The Morgan fingerprint density at radius 1 is 1.06 bits per heavy atom. The smallest absolute Gasteiger partial charge is 0.407 e. The maximum absolute atomic E-state index is 14.4. The third kappa shape index (κ3) is 4.24. The number of alkyl halides is 2. The highest BCUT2D eigenvalue weighted by Crippen LogP contribution is 2.56. The SMILES string of the molecule is O=C(O)C[C@@H]1CCCN1C(=O)C1C(CNC(=O)OCC2c3ccccc3-c3ccccc32)C1(F)F. The van der Waals surface area contributed by atoms with E-state index in [1.165, 1.54) is 4.90 Å². The number of carboxylic acid groups (broad SMARTS) is 1. The number of amides is 2. The Morgan fingerprint density at radius 2 is 1.69 bits per heavy atom. The molecule has 2 unspecified atom stereocenters. The van der Waals surface area contributed by atoms with Gasteiger partial charge in [0.15, 0.2) is 0 Å². The molecule has 0 radical (unpaired) electrons. The number of carbonyl (C=O) groups excluding carboxylic acids is 2. The van der Waals surface area contributed by atoms with Gasteiger partial charge in [-0.15, -0.1) is 0 Å². The molecule has 1 aliphatic heterocycles. The molecule has 1 saturated heterocycles. The number of rotatable bonds is 7. The minimum Gasteiger partial charge on any atom is -0.481 e. The van der Waals surface area contributed by atoms with Crippen molar-refractivity contribution in [2.75, 3.05) is 19.7 Å². The van der Waals surface area contributed by atoms with Crippen molar-refractivity contribution in [1.82, 2.24) is 10.2 Å². The van der Waals surface area contributed by atoms with E-state index >= 15 is 0 Å². The second-order valence-corrected chi connectivity index (χ2v) is 9.39. The predicted octanol–water partition coefficient (Wildman–Crippen LogP) is 3.87. The van der Waals surface area contributed by atoms with Gasteiger partial charge in [-0.05, 0) is 35.1 Å². The van der Waals surface area contributed by atoms with E-state index < -0.39 is 48.3 Å². The fourth-order valence-corrected chi connectivity index (χ4v) is 5.54. The molecular weight excluding hydrogens is 458 g/mol. The zero-order chi connectivity index (χ0) is 24.7. The summed E-state index contributed by atoms with van der Waals surface area (Å²) in [5.74, 6) is -8.08. The lowest BCUT2D eigenvalue weighted by Gasteiger charge is -2.23. The molecule has 0 bridgehead atoms. The molecule has 184 valence electrons. The van der Waals surface area contributed by atoms with Crippen molar-refractivity contribution < 1.29 is 33.0 Å². The maximum Gasteiger partial charge on any atom is 0.407 e. The third-order valence-electron chi connectivity index (χ3n) is 7.35. The topological polar surface area (TPSA) is 95.9 Å². The van der Waals surface area contributed by atoms with E-state index in [1.807, 2.05) is 48.5 Å². The largest absolute Gasteiger partial charge is 0.481 e. The number of likely N-dealkylation sites (tertiary alicyclic amines) is 1. The standard InChI is InChI=1S/C26H26F2N2O5/c27-26(28)21(23(26)24(33)30-11-5-6-15(30)12-22(31)32)13-29-25(34)35-14-20-18-9-3-1-7-16(18)17-8-2-4-10-19(17)20/h1-4,7-10,15,20-21,23H,5-6,11-14H2,(H,29,34)(H,31,32)/t15-,21?,23?/m0/s1. The van der Waals surface area contributed by atoms with E-state index in [1.54, 1.807) is 0 Å². The molecule has 0 aromatic heterocycles. The molecule has 1 heterocycles. The zero-order valence-corrected chi connectivity index (χ0v) is 19.0. The fraction of sp³-hybridized carbons (Fsp3) is 0.423. The molecular formula is C26H26F2N2O5. The summed E-state index contributed by atoms with van der Waals surface area (Å²) in [5.41, 5.74) is 4.25. The molecule has 3 atom stereocenters. The zero-order valence-electron chi connectivity index (χ0n) is 19.0. The van der Waals surface area contributed by atoms with Crippen molar-refractivity contribution in [2.24, 2.45) is 11.8 Å². The molecule has 2 aliphatic carbocycles. The van der Waals surface area contributed by atoms with Crippen molar-refractivity contribution in [1.29, 1.82) is 0 Å². The van der Waals surface area contributed by atoms with Crippen LogP contribution in [-0.2, 0) is 14.3 Å². The summed E-state index contributed by atoms with van der Waals surface area (Å²) in [6.45, 7) is -0.0542. The van der Waals surface area contributed by atoms with Gasteiger partial charge >= 0.3 is 12.1 Å². The number of fused-ring (bicyclic) bond motifs is 3. The van der Waals surface area contributed by atoms with Gasteiger partial charge in [0.1, 0.15) is 12.5 Å². The lowest BCUT2D eigenvalue weighted by atomic mass is 9.98. The second kappa shape index (κ2) is 8.94. The summed E-state index contributed by atoms with van der Waals surface area (Å²) in [6.07, 6.45) is 0.00164. The molecule has 9 heteroatoms. The molecule has 0 spiro atoms. The monoisotopic (exact) mass is 484 g/mol. The lowest BCUT2D eigenvalue weighted by Crippen LogP contribution is -2.39. The molecule has 2 aromatic rings. The number of alkyl carbamates (subject to hydrolysis) is 1. The molecule has 2 N–H and O–H groups in total. The number of aliphatic carboxylic acids is 1. The quantitative estimate of drug-likeness (QED) is 0.622. The first-order valence-electron chi connectivity index (χ1n) is 11.8. The van der Waals surface area contributed by atoms with Crippen LogP contribution in [0.4, 0.5) is 13.6 Å². The van der Waals surface area contributed by atoms with Gasteiger partial charge in [0.25, 0.3) is 5.92 Å². The van der Waals surface area contributed by atoms with E-state index in [9.17, 15) is 23.2 Å². The van der Waals surface area contributed by atoms with Crippen LogP contribution in [0.15, 0.2) is 48.5 Å². The Kier molecular flexibility index (Phi) is 5.94. The number of ether oxygens (including phenoxy) is 1. The summed E-state index contributed by atoms with van der Waals surface area (Å²) in [7, 11) is 0. The first kappa shape index (κ1) is 23.3.